The Morgan fingerprint density at radius 1 is 1.12 bits per heavy atom. The van der Waals surface area contributed by atoms with E-state index in [-0.39, 0.29) is 22.6 Å². The van der Waals surface area contributed by atoms with E-state index < -0.39 is 13.9 Å². The molecule has 1 unspecified atom stereocenters. The molecule has 148 valence electrons. The summed E-state index contributed by atoms with van der Waals surface area (Å²) in [5.74, 6) is 0. The van der Waals surface area contributed by atoms with Crippen LogP contribution in [0.15, 0.2) is 0 Å². The molecule has 25 heavy (non-hydrogen) atoms. The lowest BCUT2D eigenvalue weighted by Crippen LogP contribution is -2.61. The van der Waals surface area contributed by atoms with Crippen LogP contribution in [-0.4, -0.2) is 57.2 Å². The van der Waals surface area contributed by atoms with Crippen molar-refractivity contribution >= 4 is 14.4 Å². The molecule has 6 heteroatoms. The molecule has 0 aliphatic carbocycles. The maximum Gasteiger partial charge on any atom is 0.410 e. The number of nitrogens with zero attached hydrogens (tertiary/aromatic N) is 1. The number of hydrogen-bond donors (Lipinski definition) is 1. The number of nitrogens with one attached hydrogen (secondary N) is 1. The van der Waals surface area contributed by atoms with Gasteiger partial charge in [0.25, 0.3) is 0 Å². The van der Waals surface area contributed by atoms with Crippen molar-refractivity contribution in [2.75, 3.05) is 26.2 Å². The SMILES string of the molecule is CC(C)(C)OC(=O)N1CCNCC1C(C)(C)CO[Si](C)(C)C(C)(C)C. The standard InChI is InChI=1S/C19H40N2O3Si/c1-17(2,3)24-16(22)21-12-11-20-13-15(21)19(7,8)14-23-25(9,10)18(4,5)6/h15,20H,11-14H2,1-10H3. The topological polar surface area (TPSA) is 50.8 Å². The van der Waals surface area contributed by atoms with E-state index in [2.05, 4.69) is 53.0 Å². The summed E-state index contributed by atoms with van der Waals surface area (Å²) in [6.07, 6.45) is -0.223. The fraction of sp³-hybridized carbons (Fsp3) is 0.947. The molecular formula is C19H40N2O3Si. The Labute approximate surface area is 156 Å². The summed E-state index contributed by atoms with van der Waals surface area (Å²) in [4.78, 5) is 14.6. The van der Waals surface area contributed by atoms with Gasteiger partial charge in [-0.05, 0) is 38.9 Å². The molecule has 1 saturated heterocycles. The molecule has 1 aliphatic heterocycles. The summed E-state index contributed by atoms with van der Waals surface area (Å²) in [5, 5.41) is 3.60. The third-order valence-electron chi connectivity index (χ3n) is 5.38. The summed E-state index contributed by atoms with van der Waals surface area (Å²) >= 11 is 0. The molecule has 0 spiro atoms. The number of amides is 1. The highest BCUT2D eigenvalue weighted by molar-refractivity contribution is 6.74. The lowest BCUT2D eigenvalue weighted by molar-refractivity contribution is -0.0155. The smallest absolute Gasteiger partial charge is 0.410 e. The molecule has 1 aliphatic rings. The van der Waals surface area contributed by atoms with E-state index in [0.29, 0.717) is 13.2 Å². The molecule has 1 amide bonds. The lowest BCUT2D eigenvalue weighted by atomic mass is 9.83. The summed E-state index contributed by atoms with van der Waals surface area (Å²) in [6, 6.07) is 0.0564. The predicted molar refractivity (Wildman–Crippen MR) is 107 cm³/mol. The first kappa shape index (κ1) is 22.4. The normalized spacial score (nSPS) is 20.6. The van der Waals surface area contributed by atoms with Crippen LogP contribution in [0.4, 0.5) is 4.79 Å². The van der Waals surface area contributed by atoms with E-state index in [0.717, 1.165) is 13.1 Å². The van der Waals surface area contributed by atoms with Gasteiger partial charge in [0.1, 0.15) is 5.60 Å². The zero-order chi connectivity index (χ0) is 19.7. The van der Waals surface area contributed by atoms with Gasteiger partial charge in [-0.15, -0.1) is 0 Å². The Morgan fingerprint density at radius 3 is 2.16 bits per heavy atom. The largest absolute Gasteiger partial charge is 0.444 e. The Kier molecular flexibility index (Phi) is 6.80. The lowest BCUT2D eigenvalue weighted by Gasteiger charge is -2.47. The van der Waals surface area contributed by atoms with Crippen LogP contribution in [0.1, 0.15) is 55.4 Å². The second kappa shape index (κ2) is 7.57. The quantitative estimate of drug-likeness (QED) is 0.750. The van der Waals surface area contributed by atoms with E-state index in [1.54, 1.807) is 0 Å². The van der Waals surface area contributed by atoms with E-state index in [4.69, 9.17) is 9.16 Å². The molecule has 1 rings (SSSR count). The molecule has 0 bridgehead atoms. The first-order chi connectivity index (χ1) is 11.1. The van der Waals surface area contributed by atoms with Gasteiger partial charge in [0.15, 0.2) is 8.32 Å². The first-order valence-corrected chi connectivity index (χ1v) is 12.3. The maximum absolute atomic E-state index is 12.7. The fourth-order valence-corrected chi connectivity index (χ4v) is 3.79. The average Bonchev–Trinajstić information content (AvgIpc) is 2.42. The van der Waals surface area contributed by atoms with Crippen molar-refractivity contribution in [1.82, 2.24) is 10.2 Å². The molecule has 1 N–H and O–H groups in total. The van der Waals surface area contributed by atoms with Gasteiger partial charge < -0.3 is 19.4 Å². The minimum Gasteiger partial charge on any atom is -0.444 e. The molecule has 0 aromatic rings. The number of hydrogen-bond acceptors (Lipinski definition) is 4. The van der Waals surface area contributed by atoms with Gasteiger partial charge in [0.05, 0.1) is 6.04 Å². The third-order valence-corrected chi connectivity index (χ3v) is 9.86. The van der Waals surface area contributed by atoms with Crippen molar-refractivity contribution < 1.29 is 14.0 Å². The second-order valence-corrected chi connectivity index (χ2v) is 15.2. The molecule has 0 aromatic heterocycles. The molecule has 1 heterocycles. The summed E-state index contributed by atoms with van der Waals surface area (Å²) in [6.45, 7) is 24.3. The Morgan fingerprint density at radius 2 is 1.68 bits per heavy atom. The van der Waals surface area contributed by atoms with Crippen LogP contribution in [0, 0.1) is 5.41 Å². The van der Waals surface area contributed by atoms with Crippen molar-refractivity contribution in [3.05, 3.63) is 0 Å². The Bertz CT molecular complexity index is 464. The Hall–Kier alpha value is -0.593. The summed E-state index contributed by atoms with van der Waals surface area (Å²) in [7, 11) is -1.82. The highest BCUT2D eigenvalue weighted by Gasteiger charge is 2.43. The van der Waals surface area contributed by atoms with Crippen LogP contribution in [0.3, 0.4) is 0 Å². The van der Waals surface area contributed by atoms with Crippen LogP contribution in [0.5, 0.6) is 0 Å². The molecule has 0 saturated carbocycles. The van der Waals surface area contributed by atoms with E-state index in [1.807, 2.05) is 25.7 Å². The second-order valence-electron chi connectivity index (χ2n) is 10.4. The number of rotatable bonds is 4. The third kappa shape index (κ3) is 6.26. The molecule has 0 aromatic carbocycles. The molecule has 0 radical (unpaired) electrons. The van der Waals surface area contributed by atoms with Crippen molar-refractivity contribution in [2.45, 2.75) is 85.2 Å². The van der Waals surface area contributed by atoms with Gasteiger partial charge in [0.2, 0.25) is 0 Å². The highest BCUT2D eigenvalue weighted by Crippen LogP contribution is 2.38. The van der Waals surface area contributed by atoms with Crippen molar-refractivity contribution in [1.29, 1.82) is 0 Å². The van der Waals surface area contributed by atoms with Crippen LogP contribution < -0.4 is 5.32 Å². The van der Waals surface area contributed by atoms with Gasteiger partial charge in [-0.2, -0.15) is 0 Å². The number of piperazine rings is 1. The average molecular weight is 373 g/mol. The van der Waals surface area contributed by atoms with Crippen molar-refractivity contribution in [3.8, 4) is 0 Å². The zero-order valence-corrected chi connectivity index (χ0v) is 19.1. The van der Waals surface area contributed by atoms with E-state index in [9.17, 15) is 4.79 Å². The summed E-state index contributed by atoms with van der Waals surface area (Å²) in [5.41, 5.74) is -0.631. The predicted octanol–water partition coefficient (Wildman–Crippen LogP) is 4.24. The first-order valence-electron chi connectivity index (χ1n) is 9.41. The van der Waals surface area contributed by atoms with Gasteiger partial charge in [-0.3, -0.25) is 0 Å². The van der Waals surface area contributed by atoms with Gasteiger partial charge in [0, 0.05) is 31.7 Å². The van der Waals surface area contributed by atoms with Crippen LogP contribution in [0.2, 0.25) is 18.1 Å². The van der Waals surface area contributed by atoms with Gasteiger partial charge in [-0.1, -0.05) is 34.6 Å². The number of carbonyl (C=O) groups is 1. The minimum atomic E-state index is -1.82. The van der Waals surface area contributed by atoms with Crippen LogP contribution >= 0.6 is 0 Å². The van der Waals surface area contributed by atoms with Crippen LogP contribution in [0.25, 0.3) is 0 Å². The van der Waals surface area contributed by atoms with E-state index in [1.165, 1.54) is 0 Å². The molecule has 1 fully saturated rings. The van der Waals surface area contributed by atoms with E-state index >= 15 is 0 Å². The monoisotopic (exact) mass is 372 g/mol. The number of carbonyl (C=O) groups excluding carboxylic acids is 1. The molecular weight excluding hydrogens is 332 g/mol. The van der Waals surface area contributed by atoms with Gasteiger partial charge >= 0.3 is 6.09 Å². The fourth-order valence-electron chi connectivity index (χ4n) is 2.62. The minimum absolute atomic E-state index is 0.0564. The summed E-state index contributed by atoms with van der Waals surface area (Å²) < 4.78 is 12.1. The Balaban J connectivity index is 2.87. The zero-order valence-electron chi connectivity index (χ0n) is 18.1. The maximum atomic E-state index is 12.7. The van der Waals surface area contributed by atoms with Gasteiger partial charge in [-0.25, -0.2) is 4.79 Å². The van der Waals surface area contributed by atoms with Crippen molar-refractivity contribution in [3.63, 3.8) is 0 Å². The number of ether oxygens (including phenoxy) is 1. The molecule has 1 atom stereocenters. The van der Waals surface area contributed by atoms with Crippen LogP contribution in [-0.2, 0) is 9.16 Å². The highest BCUT2D eigenvalue weighted by atomic mass is 28.4. The molecule has 5 nitrogen and oxygen atoms in total. The van der Waals surface area contributed by atoms with Crippen molar-refractivity contribution in [2.24, 2.45) is 5.41 Å².